The molecule has 0 bridgehead atoms. The lowest BCUT2D eigenvalue weighted by Gasteiger charge is -2.31. The van der Waals surface area contributed by atoms with Crippen molar-refractivity contribution in [2.75, 3.05) is 19.7 Å². The first-order valence-corrected chi connectivity index (χ1v) is 6.85. The summed E-state index contributed by atoms with van der Waals surface area (Å²) in [6.45, 7) is 4.40. The molecule has 1 aliphatic rings. The molecule has 1 heterocycles. The molecule has 2 rings (SSSR count). The van der Waals surface area contributed by atoms with Crippen molar-refractivity contribution in [3.05, 3.63) is 35.9 Å². The first-order chi connectivity index (χ1) is 8.65. The second-order valence-electron chi connectivity index (χ2n) is 5.46. The largest absolute Gasteiger partial charge is 0.394 e. The Labute approximate surface area is 110 Å². The van der Waals surface area contributed by atoms with E-state index in [0.29, 0.717) is 6.04 Å². The lowest BCUT2D eigenvalue weighted by Crippen LogP contribution is -2.44. The second kappa shape index (κ2) is 5.83. The first-order valence-electron chi connectivity index (χ1n) is 6.85. The summed E-state index contributed by atoms with van der Waals surface area (Å²) in [6.07, 6.45) is 3.36. The molecule has 0 saturated carbocycles. The standard InChI is InChI=1S/C15H24N2O/c1-13-6-5-10-17(13)11-9-15(16,12-18)14-7-3-2-4-8-14/h2-4,7-8,13,18H,5-6,9-12,16H2,1H3. The molecule has 2 unspecified atom stereocenters. The summed E-state index contributed by atoms with van der Waals surface area (Å²) >= 11 is 0. The van der Waals surface area contributed by atoms with Gasteiger partial charge in [-0.3, -0.25) is 0 Å². The van der Waals surface area contributed by atoms with Crippen LogP contribution in [0.5, 0.6) is 0 Å². The first kappa shape index (κ1) is 13.5. The number of benzene rings is 1. The summed E-state index contributed by atoms with van der Waals surface area (Å²) in [5, 5.41) is 9.64. The van der Waals surface area contributed by atoms with Crippen molar-refractivity contribution >= 4 is 0 Å². The van der Waals surface area contributed by atoms with E-state index in [2.05, 4.69) is 11.8 Å². The Balaban J connectivity index is 2.00. The van der Waals surface area contributed by atoms with Crippen molar-refractivity contribution in [2.45, 2.75) is 37.8 Å². The predicted molar refractivity (Wildman–Crippen MR) is 74.3 cm³/mol. The topological polar surface area (TPSA) is 49.5 Å². The molecule has 1 fully saturated rings. The number of nitrogens with zero attached hydrogens (tertiary/aromatic N) is 1. The SMILES string of the molecule is CC1CCCN1CCC(N)(CO)c1ccccc1. The summed E-state index contributed by atoms with van der Waals surface area (Å²) < 4.78 is 0. The van der Waals surface area contributed by atoms with E-state index in [1.807, 2.05) is 30.3 Å². The van der Waals surface area contributed by atoms with Crippen LogP contribution in [0.2, 0.25) is 0 Å². The fourth-order valence-corrected chi connectivity index (χ4v) is 2.75. The van der Waals surface area contributed by atoms with Crippen LogP contribution in [-0.2, 0) is 5.54 Å². The van der Waals surface area contributed by atoms with Crippen molar-refractivity contribution in [1.82, 2.24) is 4.90 Å². The van der Waals surface area contributed by atoms with Crippen molar-refractivity contribution in [3.8, 4) is 0 Å². The zero-order valence-corrected chi connectivity index (χ0v) is 11.2. The lowest BCUT2D eigenvalue weighted by atomic mass is 9.88. The molecule has 1 aliphatic heterocycles. The minimum Gasteiger partial charge on any atom is -0.394 e. The molecule has 1 aromatic rings. The molecule has 100 valence electrons. The molecule has 0 spiro atoms. The Kier molecular flexibility index (Phi) is 4.38. The molecule has 0 amide bonds. The Morgan fingerprint density at radius 3 is 2.67 bits per heavy atom. The van der Waals surface area contributed by atoms with Crippen LogP contribution in [0.25, 0.3) is 0 Å². The number of likely N-dealkylation sites (tertiary alicyclic amines) is 1. The molecule has 18 heavy (non-hydrogen) atoms. The maximum Gasteiger partial charge on any atom is 0.0656 e. The van der Waals surface area contributed by atoms with Crippen LogP contribution in [0.4, 0.5) is 0 Å². The summed E-state index contributed by atoms with van der Waals surface area (Å²) in [5.41, 5.74) is 6.79. The molecule has 3 heteroatoms. The van der Waals surface area contributed by atoms with Gasteiger partial charge in [-0.15, -0.1) is 0 Å². The molecule has 1 saturated heterocycles. The Morgan fingerprint density at radius 1 is 1.39 bits per heavy atom. The summed E-state index contributed by atoms with van der Waals surface area (Å²) in [4.78, 5) is 2.47. The van der Waals surface area contributed by atoms with Gasteiger partial charge in [0.05, 0.1) is 12.1 Å². The van der Waals surface area contributed by atoms with Crippen LogP contribution >= 0.6 is 0 Å². The van der Waals surface area contributed by atoms with Gasteiger partial charge in [-0.25, -0.2) is 0 Å². The zero-order chi connectivity index (χ0) is 13.0. The minimum atomic E-state index is -0.608. The lowest BCUT2D eigenvalue weighted by molar-refractivity contribution is 0.161. The molecular weight excluding hydrogens is 224 g/mol. The van der Waals surface area contributed by atoms with E-state index in [1.54, 1.807) is 0 Å². The minimum absolute atomic E-state index is 0.000760. The maximum absolute atomic E-state index is 9.64. The average molecular weight is 248 g/mol. The van der Waals surface area contributed by atoms with Crippen LogP contribution in [-0.4, -0.2) is 35.7 Å². The van der Waals surface area contributed by atoms with Gasteiger partial charge in [-0.05, 0) is 38.3 Å². The van der Waals surface area contributed by atoms with Gasteiger partial charge < -0.3 is 15.7 Å². The predicted octanol–water partition coefficient (Wildman–Crippen LogP) is 1.71. The van der Waals surface area contributed by atoms with Crippen LogP contribution in [0.15, 0.2) is 30.3 Å². The van der Waals surface area contributed by atoms with Crippen molar-refractivity contribution in [2.24, 2.45) is 5.73 Å². The molecule has 0 aliphatic carbocycles. The van der Waals surface area contributed by atoms with Gasteiger partial charge >= 0.3 is 0 Å². The molecule has 3 nitrogen and oxygen atoms in total. The Morgan fingerprint density at radius 2 is 2.11 bits per heavy atom. The van der Waals surface area contributed by atoms with Crippen molar-refractivity contribution < 1.29 is 5.11 Å². The van der Waals surface area contributed by atoms with E-state index in [9.17, 15) is 5.11 Å². The highest BCUT2D eigenvalue weighted by molar-refractivity contribution is 5.24. The molecule has 0 aromatic heterocycles. The molecule has 0 radical (unpaired) electrons. The third kappa shape index (κ3) is 2.91. The Hall–Kier alpha value is -0.900. The van der Waals surface area contributed by atoms with Gasteiger partial charge in [-0.1, -0.05) is 30.3 Å². The van der Waals surface area contributed by atoms with E-state index in [1.165, 1.54) is 12.8 Å². The quantitative estimate of drug-likeness (QED) is 0.834. The summed E-state index contributed by atoms with van der Waals surface area (Å²) in [5.74, 6) is 0. The smallest absolute Gasteiger partial charge is 0.0656 e. The maximum atomic E-state index is 9.64. The van der Waals surface area contributed by atoms with Crippen LogP contribution in [0.3, 0.4) is 0 Å². The third-order valence-electron chi connectivity index (χ3n) is 4.17. The van der Waals surface area contributed by atoms with Gasteiger partial charge in [0.15, 0.2) is 0 Å². The molecule has 2 atom stereocenters. The van der Waals surface area contributed by atoms with Gasteiger partial charge in [0.25, 0.3) is 0 Å². The van der Waals surface area contributed by atoms with E-state index in [0.717, 1.165) is 25.1 Å². The van der Waals surface area contributed by atoms with Crippen molar-refractivity contribution in [1.29, 1.82) is 0 Å². The highest BCUT2D eigenvalue weighted by atomic mass is 16.3. The fourth-order valence-electron chi connectivity index (χ4n) is 2.75. The third-order valence-corrected chi connectivity index (χ3v) is 4.17. The number of aliphatic hydroxyl groups excluding tert-OH is 1. The fraction of sp³-hybridized carbons (Fsp3) is 0.600. The highest BCUT2D eigenvalue weighted by Crippen LogP contribution is 2.24. The van der Waals surface area contributed by atoms with E-state index < -0.39 is 5.54 Å². The number of hydrogen-bond donors (Lipinski definition) is 2. The average Bonchev–Trinajstić information content (AvgIpc) is 2.83. The Bertz CT molecular complexity index is 368. The summed E-state index contributed by atoms with van der Waals surface area (Å²) in [7, 11) is 0. The second-order valence-corrected chi connectivity index (χ2v) is 5.46. The van der Waals surface area contributed by atoms with Crippen molar-refractivity contribution in [3.63, 3.8) is 0 Å². The van der Waals surface area contributed by atoms with Gasteiger partial charge in [-0.2, -0.15) is 0 Å². The van der Waals surface area contributed by atoms with Gasteiger partial charge in [0.2, 0.25) is 0 Å². The van der Waals surface area contributed by atoms with Crippen LogP contribution in [0, 0.1) is 0 Å². The molecular formula is C15H24N2O. The number of aliphatic hydroxyl groups is 1. The number of rotatable bonds is 5. The van der Waals surface area contributed by atoms with Gasteiger partial charge in [0, 0.05) is 12.6 Å². The van der Waals surface area contributed by atoms with E-state index in [4.69, 9.17) is 5.73 Å². The van der Waals surface area contributed by atoms with Gasteiger partial charge in [0.1, 0.15) is 0 Å². The zero-order valence-electron chi connectivity index (χ0n) is 11.2. The number of hydrogen-bond acceptors (Lipinski definition) is 3. The van der Waals surface area contributed by atoms with E-state index in [-0.39, 0.29) is 6.61 Å². The number of nitrogens with two attached hydrogens (primary N) is 1. The highest BCUT2D eigenvalue weighted by Gasteiger charge is 2.29. The van der Waals surface area contributed by atoms with Crippen LogP contribution in [0.1, 0.15) is 31.7 Å². The monoisotopic (exact) mass is 248 g/mol. The van der Waals surface area contributed by atoms with Crippen LogP contribution < -0.4 is 5.73 Å². The van der Waals surface area contributed by atoms with E-state index >= 15 is 0 Å². The molecule has 3 N–H and O–H groups in total. The summed E-state index contributed by atoms with van der Waals surface area (Å²) in [6, 6.07) is 10.6. The normalized spacial score (nSPS) is 24.1. The molecule has 1 aromatic carbocycles.